The Bertz CT molecular complexity index is 719. The number of fused-ring (bicyclic) bond motifs is 1. The quantitative estimate of drug-likeness (QED) is 0.759. The maximum atomic E-state index is 13.0. The van der Waals surface area contributed by atoms with Crippen molar-refractivity contribution < 1.29 is 4.79 Å². The van der Waals surface area contributed by atoms with Crippen molar-refractivity contribution in [2.24, 2.45) is 0 Å². The molecule has 0 fully saturated rings. The number of carbonyl (C=O) groups excluding carboxylic acids is 1. The highest BCUT2D eigenvalue weighted by Crippen LogP contribution is 2.43. The zero-order valence-corrected chi connectivity index (χ0v) is 14.3. The first-order valence-corrected chi connectivity index (χ1v) is 8.15. The van der Waals surface area contributed by atoms with E-state index in [1.54, 1.807) is 0 Å². The molecule has 1 N–H and O–H groups in total. The number of nitrogens with zero attached hydrogens (tertiary/aromatic N) is 1. The van der Waals surface area contributed by atoms with Gasteiger partial charge in [0.05, 0.1) is 0 Å². The fraction of sp³-hybridized carbons (Fsp3) is 0.350. The third-order valence-corrected chi connectivity index (χ3v) is 4.63. The van der Waals surface area contributed by atoms with Gasteiger partial charge in [-0.1, -0.05) is 42.8 Å². The van der Waals surface area contributed by atoms with Crippen LogP contribution in [0.4, 0.5) is 16.2 Å². The zero-order chi connectivity index (χ0) is 16.6. The minimum Gasteiger partial charge on any atom is -0.308 e. The lowest BCUT2D eigenvalue weighted by Gasteiger charge is -2.45. The summed E-state index contributed by atoms with van der Waals surface area (Å²) in [6.45, 7) is 8.54. The molecule has 0 aromatic heterocycles. The van der Waals surface area contributed by atoms with Crippen LogP contribution in [0.5, 0.6) is 0 Å². The van der Waals surface area contributed by atoms with Gasteiger partial charge in [-0.25, -0.2) is 4.79 Å². The molecule has 2 aromatic carbocycles. The fourth-order valence-corrected chi connectivity index (χ4v) is 3.59. The first-order chi connectivity index (χ1) is 10.9. The van der Waals surface area contributed by atoms with E-state index in [9.17, 15) is 4.79 Å². The minimum atomic E-state index is -0.220. The van der Waals surface area contributed by atoms with Crippen molar-refractivity contribution in [3.05, 3.63) is 59.7 Å². The lowest BCUT2D eigenvalue weighted by atomic mass is 9.80. The summed E-state index contributed by atoms with van der Waals surface area (Å²) in [7, 11) is 0. The van der Waals surface area contributed by atoms with E-state index in [0.717, 1.165) is 17.8 Å². The second kappa shape index (κ2) is 5.73. The SMILES string of the molecule is Cc1ccc(NC(=O)N2c3ccccc3[C@@H](C)CC2(C)C)cc1. The van der Waals surface area contributed by atoms with Crippen molar-refractivity contribution in [3.63, 3.8) is 0 Å². The lowest BCUT2D eigenvalue weighted by molar-refractivity contribution is 0.247. The highest BCUT2D eigenvalue weighted by Gasteiger charge is 2.39. The summed E-state index contributed by atoms with van der Waals surface area (Å²) in [4.78, 5) is 14.9. The third kappa shape index (κ3) is 2.96. The van der Waals surface area contributed by atoms with Crippen molar-refractivity contribution in [2.75, 3.05) is 10.2 Å². The molecule has 0 aliphatic carbocycles. The van der Waals surface area contributed by atoms with Gasteiger partial charge in [-0.05, 0) is 56.9 Å². The van der Waals surface area contributed by atoms with E-state index in [2.05, 4.69) is 32.2 Å². The Kier molecular flexibility index (Phi) is 3.88. The van der Waals surface area contributed by atoms with Crippen LogP contribution >= 0.6 is 0 Å². The molecule has 0 bridgehead atoms. The number of rotatable bonds is 1. The van der Waals surface area contributed by atoms with Crippen LogP contribution in [0.3, 0.4) is 0 Å². The lowest BCUT2D eigenvalue weighted by Crippen LogP contribution is -2.53. The summed E-state index contributed by atoms with van der Waals surface area (Å²) in [6, 6.07) is 16.0. The smallest absolute Gasteiger partial charge is 0.308 e. The highest BCUT2D eigenvalue weighted by molar-refractivity contribution is 6.03. The predicted octanol–water partition coefficient (Wildman–Crippen LogP) is 5.32. The summed E-state index contributed by atoms with van der Waals surface area (Å²) in [5.41, 5.74) is 4.04. The first-order valence-electron chi connectivity index (χ1n) is 8.15. The van der Waals surface area contributed by atoms with Gasteiger partial charge >= 0.3 is 6.03 Å². The Balaban J connectivity index is 1.94. The maximum Gasteiger partial charge on any atom is 0.326 e. The van der Waals surface area contributed by atoms with Crippen molar-refractivity contribution in [2.45, 2.75) is 45.6 Å². The Hall–Kier alpha value is -2.29. The Labute approximate surface area is 138 Å². The number of hydrogen-bond acceptors (Lipinski definition) is 1. The van der Waals surface area contributed by atoms with Crippen molar-refractivity contribution in [3.8, 4) is 0 Å². The number of carbonyl (C=O) groups is 1. The molecule has 23 heavy (non-hydrogen) atoms. The molecule has 0 unspecified atom stereocenters. The first kappa shape index (κ1) is 15.6. The Morgan fingerprint density at radius 2 is 1.78 bits per heavy atom. The molecule has 0 saturated carbocycles. The molecule has 1 heterocycles. The largest absolute Gasteiger partial charge is 0.326 e. The molecule has 3 nitrogen and oxygen atoms in total. The standard InChI is InChI=1S/C20H24N2O/c1-14-9-11-16(12-10-14)21-19(23)22-18-8-6-5-7-17(18)15(2)13-20(22,3)4/h5-12,15H,13H2,1-4H3,(H,21,23)/t15-/m0/s1. The van der Waals surface area contributed by atoms with E-state index >= 15 is 0 Å². The number of aryl methyl sites for hydroxylation is 1. The summed E-state index contributed by atoms with van der Waals surface area (Å²) in [5, 5.41) is 3.04. The van der Waals surface area contributed by atoms with Crippen LogP contribution in [-0.4, -0.2) is 11.6 Å². The molecular weight excluding hydrogens is 284 g/mol. The molecule has 1 aliphatic rings. The van der Waals surface area contributed by atoms with Gasteiger partial charge in [0, 0.05) is 16.9 Å². The topological polar surface area (TPSA) is 32.3 Å². The highest BCUT2D eigenvalue weighted by atomic mass is 16.2. The molecule has 2 amide bonds. The third-order valence-electron chi connectivity index (χ3n) is 4.63. The molecule has 0 saturated heterocycles. The van der Waals surface area contributed by atoms with Crippen LogP contribution in [0, 0.1) is 6.92 Å². The van der Waals surface area contributed by atoms with Crippen LogP contribution in [0.25, 0.3) is 0 Å². The minimum absolute atomic E-state index is 0.0711. The Morgan fingerprint density at radius 1 is 1.13 bits per heavy atom. The number of anilines is 2. The monoisotopic (exact) mass is 308 g/mol. The van der Waals surface area contributed by atoms with E-state index in [0.29, 0.717) is 5.92 Å². The summed E-state index contributed by atoms with van der Waals surface area (Å²) in [5.74, 6) is 0.449. The molecule has 2 aromatic rings. The van der Waals surface area contributed by atoms with Crippen molar-refractivity contribution >= 4 is 17.4 Å². The second-order valence-electron chi connectivity index (χ2n) is 7.11. The maximum absolute atomic E-state index is 13.0. The summed E-state index contributed by atoms with van der Waals surface area (Å²) < 4.78 is 0. The van der Waals surface area contributed by atoms with Crippen LogP contribution in [0.15, 0.2) is 48.5 Å². The summed E-state index contributed by atoms with van der Waals surface area (Å²) in [6.07, 6.45) is 0.950. The van der Waals surface area contributed by atoms with Crippen LogP contribution in [0.2, 0.25) is 0 Å². The molecule has 0 radical (unpaired) electrons. The van der Waals surface area contributed by atoms with Crippen LogP contribution < -0.4 is 10.2 Å². The number of nitrogens with one attached hydrogen (secondary N) is 1. The number of urea groups is 1. The molecule has 1 aliphatic heterocycles. The predicted molar refractivity (Wildman–Crippen MR) is 96.2 cm³/mol. The van der Waals surface area contributed by atoms with E-state index in [1.807, 2.05) is 54.3 Å². The molecule has 0 spiro atoms. The van der Waals surface area contributed by atoms with Gasteiger partial charge < -0.3 is 5.32 Å². The number of para-hydroxylation sites is 1. The van der Waals surface area contributed by atoms with E-state index in [4.69, 9.17) is 0 Å². The molecule has 3 rings (SSSR count). The average Bonchev–Trinajstić information content (AvgIpc) is 2.49. The molecule has 1 atom stereocenters. The van der Waals surface area contributed by atoms with E-state index in [1.165, 1.54) is 11.1 Å². The molecule has 120 valence electrons. The normalized spacial score (nSPS) is 19.1. The van der Waals surface area contributed by atoms with Crippen molar-refractivity contribution in [1.82, 2.24) is 0 Å². The number of amides is 2. The summed E-state index contributed by atoms with van der Waals surface area (Å²) >= 11 is 0. The van der Waals surface area contributed by atoms with Crippen LogP contribution in [-0.2, 0) is 0 Å². The van der Waals surface area contributed by atoms with E-state index < -0.39 is 0 Å². The van der Waals surface area contributed by atoms with E-state index in [-0.39, 0.29) is 11.6 Å². The van der Waals surface area contributed by atoms with Crippen molar-refractivity contribution in [1.29, 1.82) is 0 Å². The number of benzene rings is 2. The molecular formula is C20H24N2O. The van der Waals surface area contributed by atoms with Gasteiger partial charge in [0.1, 0.15) is 0 Å². The fourth-order valence-electron chi connectivity index (χ4n) is 3.59. The van der Waals surface area contributed by atoms with Gasteiger partial charge in [-0.2, -0.15) is 0 Å². The van der Waals surface area contributed by atoms with Gasteiger partial charge in [-0.15, -0.1) is 0 Å². The Morgan fingerprint density at radius 3 is 2.48 bits per heavy atom. The zero-order valence-electron chi connectivity index (χ0n) is 14.3. The van der Waals surface area contributed by atoms with Gasteiger partial charge in [-0.3, -0.25) is 4.90 Å². The average molecular weight is 308 g/mol. The molecule has 3 heteroatoms. The van der Waals surface area contributed by atoms with Gasteiger partial charge in [0.15, 0.2) is 0 Å². The van der Waals surface area contributed by atoms with Gasteiger partial charge in [0.25, 0.3) is 0 Å². The second-order valence-corrected chi connectivity index (χ2v) is 7.11. The van der Waals surface area contributed by atoms with Crippen LogP contribution in [0.1, 0.15) is 44.2 Å². The van der Waals surface area contributed by atoms with Gasteiger partial charge in [0.2, 0.25) is 0 Å². The number of hydrogen-bond donors (Lipinski definition) is 1.